The first-order chi connectivity index (χ1) is 11.7. The van der Waals surface area contributed by atoms with Gasteiger partial charge in [-0.25, -0.2) is 9.97 Å². The van der Waals surface area contributed by atoms with E-state index in [1.165, 1.54) is 6.92 Å². The molecule has 0 saturated carbocycles. The number of ether oxygens (including phenoxy) is 2. The summed E-state index contributed by atoms with van der Waals surface area (Å²) in [6.45, 7) is 2.41. The second-order valence-corrected chi connectivity index (χ2v) is 5.90. The van der Waals surface area contributed by atoms with Gasteiger partial charge in [-0.2, -0.15) is 0 Å². The predicted molar refractivity (Wildman–Crippen MR) is 84.2 cm³/mol. The lowest BCUT2D eigenvalue weighted by Crippen LogP contribution is -2.44. The van der Waals surface area contributed by atoms with Crippen molar-refractivity contribution in [2.24, 2.45) is 0 Å². The number of fused-ring (bicyclic) bond motifs is 1. The van der Waals surface area contributed by atoms with Gasteiger partial charge < -0.3 is 24.5 Å². The van der Waals surface area contributed by atoms with Crippen molar-refractivity contribution >= 4 is 11.9 Å². The molecule has 2 aliphatic heterocycles. The highest BCUT2D eigenvalue weighted by Gasteiger charge is 2.48. The summed E-state index contributed by atoms with van der Waals surface area (Å²) < 4.78 is 17.0. The van der Waals surface area contributed by atoms with Crippen molar-refractivity contribution in [2.75, 3.05) is 18.5 Å². The summed E-state index contributed by atoms with van der Waals surface area (Å²) in [4.78, 5) is 20.0. The van der Waals surface area contributed by atoms with Gasteiger partial charge in [-0.05, 0) is 18.2 Å². The zero-order valence-electron chi connectivity index (χ0n) is 13.1. The molecular weight excluding hydrogens is 312 g/mol. The minimum absolute atomic E-state index is 0.0689. The molecule has 0 aromatic carbocycles. The number of furan rings is 1. The Balaban J connectivity index is 1.45. The molecule has 126 valence electrons. The van der Waals surface area contributed by atoms with Gasteiger partial charge in [0.05, 0.1) is 31.6 Å². The maximum absolute atomic E-state index is 11.2. The molecule has 2 saturated heterocycles. The van der Waals surface area contributed by atoms with E-state index in [-0.39, 0.29) is 30.2 Å². The third kappa shape index (κ3) is 2.85. The van der Waals surface area contributed by atoms with Crippen molar-refractivity contribution in [2.45, 2.75) is 31.2 Å². The molecule has 4 rings (SSSR count). The summed E-state index contributed by atoms with van der Waals surface area (Å²) in [5.74, 6) is 1.09. The number of hydrogen-bond donors (Lipinski definition) is 2. The predicted octanol–water partition coefficient (Wildman–Crippen LogP) is 0.819. The van der Waals surface area contributed by atoms with Crippen LogP contribution < -0.4 is 10.6 Å². The van der Waals surface area contributed by atoms with Gasteiger partial charge >= 0.3 is 0 Å². The molecule has 8 nitrogen and oxygen atoms in total. The van der Waals surface area contributed by atoms with E-state index in [1.54, 1.807) is 18.5 Å². The van der Waals surface area contributed by atoms with Gasteiger partial charge in [0.2, 0.25) is 11.9 Å². The minimum atomic E-state index is -0.153. The first kappa shape index (κ1) is 15.1. The van der Waals surface area contributed by atoms with Crippen molar-refractivity contribution in [1.29, 1.82) is 0 Å². The summed E-state index contributed by atoms with van der Waals surface area (Å²) in [5, 5.41) is 6.13. The number of carbonyl (C=O) groups is 1. The van der Waals surface area contributed by atoms with Gasteiger partial charge in [-0.1, -0.05) is 0 Å². The van der Waals surface area contributed by atoms with Gasteiger partial charge in [0, 0.05) is 13.1 Å². The number of rotatable bonds is 4. The zero-order chi connectivity index (χ0) is 16.5. The number of nitrogens with zero attached hydrogens (tertiary/aromatic N) is 2. The van der Waals surface area contributed by atoms with Gasteiger partial charge in [-0.3, -0.25) is 4.79 Å². The first-order valence-corrected chi connectivity index (χ1v) is 7.84. The van der Waals surface area contributed by atoms with Gasteiger partial charge in [0.15, 0.2) is 5.76 Å². The van der Waals surface area contributed by atoms with Crippen molar-refractivity contribution in [1.82, 2.24) is 15.3 Å². The number of aromatic nitrogens is 2. The molecular formula is C16H18N4O4. The van der Waals surface area contributed by atoms with Gasteiger partial charge in [-0.15, -0.1) is 0 Å². The second kappa shape index (κ2) is 6.21. The highest BCUT2D eigenvalue weighted by molar-refractivity contribution is 5.73. The zero-order valence-corrected chi connectivity index (χ0v) is 13.1. The molecule has 2 N–H and O–H groups in total. The highest BCUT2D eigenvalue weighted by Crippen LogP contribution is 2.29. The van der Waals surface area contributed by atoms with Crippen molar-refractivity contribution in [3.05, 3.63) is 30.7 Å². The van der Waals surface area contributed by atoms with E-state index in [1.807, 2.05) is 12.1 Å². The third-order valence-electron chi connectivity index (χ3n) is 4.19. The summed E-state index contributed by atoms with van der Waals surface area (Å²) in [5.41, 5.74) is 0.705. The molecule has 0 aliphatic carbocycles. The van der Waals surface area contributed by atoms with Gasteiger partial charge in [0.25, 0.3) is 0 Å². The molecule has 2 aliphatic rings. The number of amides is 1. The largest absolute Gasteiger partial charge is 0.463 e. The summed E-state index contributed by atoms with van der Waals surface area (Å²) in [7, 11) is 0. The van der Waals surface area contributed by atoms with E-state index in [2.05, 4.69) is 20.6 Å². The van der Waals surface area contributed by atoms with Crippen LogP contribution in [-0.4, -0.2) is 53.4 Å². The SMILES string of the molecule is CC(=O)N[C@H]1CO[C@H]2[C@@H]1OC[C@@H]2Nc1nccc(-c2ccco2)n1. The Kier molecular flexibility index (Phi) is 3.91. The fraction of sp³-hybridized carbons (Fsp3) is 0.438. The van der Waals surface area contributed by atoms with Crippen LogP contribution >= 0.6 is 0 Å². The van der Waals surface area contributed by atoms with Crippen molar-refractivity contribution < 1.29 is 18.7 Å². The lowest BCUT2D eigenvalue weighted by atomic mass is 10.1. The Labute approximate surface area is 138 Å². The van der Waals surface area contributed by atoms with Crippen LogP contribution in [0, 0.1) is 0 Å². The monoisotopic (exact) mass is 330 g/mol. The maximum Gasteiger partial charge on any atom is 0.223 e. The van der Waals surface area contributed by atoms with Crippen LogP contribution in [0.5, 0.6) is 0 Å². The highest BCUT2D eigenvalue weighted by atomic mass is 16.6. The van der Waals surface area contributed by atoms with E-state index < -0.39 is 0 Å². The molecule has 2 fully saturated rings. The number of anilines is 1. The quantitative estimate of drug-likeness (QED) is 0.856. The number of nitrogens with one attached hydrogen (secondary N) is 2. The Morgan fingerprint density at radius 3 is 2.75 bits per heavy atom. The molecule has 0 unspecified atom stereocenters. The molecule has 8 heteroatoms. The van der Waals surface area contributed by atoms with Crippen LogP contribution in [0.1, 0.15) is 6.92 Å². The Morgan fingerprint density at radius 1 is 1.21 bits per heavy atom. The molecule has 0 radical (unpaired) electrons. The third-order valence-corrected chi connectivity index (χ3v) is 4.19. The second-order valence-electron chi connectivity index (χ2n) is 5.90. The van der Waals surface area contributed by atoms with Crippen LogP contribution in [0.15, 0.2) is 35.1 Å². The fourth-order valence-electron chi connectivity index (χ4n) is 3.16. The van der Waals surface area contributed by atoms with E-state index in [4.69, 9.17) is 13.9 Å². The Hall–Kier alpha value is -2.45. The molecule has 1 amide bonds. The molecule has 0 spiro atoms. The van der Waals surface area contributed by atoms with E-state index in [0.29, 0.717) is 30.6 Å². The molecule has 0 bridgehead atoms. The molecule has 2 aromatic rings. The Morgan fingerprint density at radius 2 is 2.00 bits per heavy atom. The van der Waals surface area contributed by atoms with Crippen LogP contribution in [0.3, 0.4) is 0 Å². The normalized spacial score (nSPS) is 28.5. The van der Waals surface area contributed by atoms with Gasteiger partial charge in [0.1, 0.15) is 17.9 Å². The summed E-state index contributed by atoms with van der Waals surface area (Å²) in [6, 6.07) is 5.26. The van der Waals surface area contributed by atoms with E-state index in [0.717, 1.165) is 0 Å². The standard InChI is InChI=1S/C16H18N4O4/c1-9(21)18-11-7-23-15-12(8-24-14(11)15)20-16-17-5-4-10(19-16)13-3-2-6-22-13/h2-6,11-12,14-15H,7-8H2,1H3,(H,18,21)(H,17,19,20)/t11-,12-,14+,15+/m0/s1. The van der Waals surface area contributed by atoms with Crippen LogP contribution in [0.4, 0.5) is 5.95 Å². The average molecular weight is 330 g/mol. The minimum Gasteiger partial charge on any atom is -0.463 e. The smallest absolute Gasteiger partial charge is 0.223 e. The summed E-state index contributed by atoms with van der Waals surface area (Å²) in [6.07, 6.45) is 2.99. The molecule has 2 aromatic heterocycles. The van der Waals surface area contributed by atoms with E-state index in [9.17, 15) is 4.79 Å². The average Bonchev–Trinajstić information content (AvgIpc) is 3.28. The Bertz CT molecular complexity index is 721. The topological polar surface area (TPSA) is 98.5 Å². The molecule has 4 heterocycles. The van der Waals surface area contributed by atoms with Crippen LogP contribution in [0.25, 0.3) is 11.5 Å². The van der Waals surface area contributed by atoms with E-state index >= 15 is 0 Å². The number of hydrogen-bond acceptors (Lipinski definition) is 7. The summed E-state index contributed by atoms with van der Waals surface area (Å²) >= 11 is 0. The first-order valence-electron chi connectivity index (χ1n) is 7.84. The fourth-order valence-corrected chi connectivity index (χ4v) is 3.16. The molecule has 4 atom stereocenters. The lowest BCUT2D eigenvalue weighted by Gasteiger charge is -2.18. The maximum atomic E-state index is 11.2. The van der Waals surface area contributed by atoms with Crippen molar-refractivity contribution in [3.63, 3.8) is 0 Å². The lowest BCUT2D eigenvalue weighted by molar-refractivity contribution is -0.120. The van der Waals surface area contributed by atoms with Crippen LogP contribution in [0.2, 0.25) is 0 Å². The molecule has 24 heavy (non-hydrogen) atoms. The van der Waals surface area contributed by atoms with Crippen LogP contribution in [-0.2, 0) is 14.3 Å². The number of carbonyl (C=O) groups excluding carboxylic acids is 1. The van der Waals surface area contributed by atoms with Crippen molar-refractivity contribution in [3.8, 4) is 11.5 Å².